The van der Waals surface area contributed by atoms with E-state index >= 15 is 0 Å². The number of hydrogen-bond donors (Lipinski definition) is 1. The van der Waals surface area contributed by atoms with Crippen LogP contribution in [0.5, 0.6) is 0 Å². The Kier molecular flexibility index (Phi) is 1.72. The van der Waals surface area contributed by atoms with Crippen molar-refractivity contribution in [2.45, 2.75) is 0 Å². The monoisotopic (exact) mass is 216 g/mol. The van der Waals surface area contributed by atoms with Crippen molar-refractivity contribution in [3.8, 4) is 11.3 Å². The van der Waals surface area contributed by atoms with Crippen LogP contribution >= 0.6 is 11.3 Å². The summed E-state index contributed by atoms with van der Waals surface area (Å²) in [6.07, 6.45) is 3.40. The van der Waals surface area contributed by atoms with Crippen LogP contribution in [0.3, 0.4) is 0 Å². The van der Waals surface area contributed by atoms with Crippen LogP contribution < -0.4 is 5.73 Å². The van der Waals surface area contributed by atoms with E-state index in [4.69, 9.17) is 5.73 Å². The highest BCUT2D eigenvalue weighted by molar-refractivity contribution is 7.08. The van der Waals surface area contributed by atoms with Gasteiger partial charge in [0.1, 0.15) is 0 Å². The lowest BCUT2D eigenvalue weighted by atomic mass is 10.2. The van der Waals surface area contributed by atoms with Crippen molar-refractivity contribution in [3.05, 3.63) is 35.3 Å². The number of rotatable bonds is 1. The van der Waals surface area contributed by atoms with Gasteiger partial charge in [0.2, 0.25) is 0 Å². The zero-order valence-corrected chi connectivity index (χ0v) is 8.61. The average molecular weight is 216 g/mol. The summed E-state index contributed by atoms with van der Waals surface area (Å²) >= 11 is 1.65. The third kappa shape index (κ3) is 1.37. The van der Waals surface area contributed by atoms with E-state index in [-0.39, 0.29) is 0 Å². The number of nitrogen functional groups attached to an aromatic ring is 1. The maximum absolute atomic E-state index is 5.63. The van der Waals surface area contributed by atoms with E-state index in [1.165, 1.54) is 0 Å². The molecule has 74 valence electrons. The van der Waals surface area contributed by atoms with Crippen molar-refractivity contribution >= 4 is 22.7 Å². The molecule has 0 bridgehead atoms. The van der Waals surface area contributed by atoms with Gasteiger partial charge in [-0.2, -0.15) is 16.4 Å². The molecule has 0 saturated heterocycles. The standard InChI is InChI=1S/C10H8N4S/c11-8-4-12-10-3-9(13-14(10)5-8)7-1-2-15-6-7/h1-6H,11H2. The molecule has 0 radical (unpaired) electrons. The quantitative estimate of drug-likeness (QED) is 0.677. The predicted molar refractivity (Wildman–Crippen MR) is 60.7 cm³/mol. The van der Waals surface area contributed by atoms with Crippen LogP contribution in [-0.2, 0) is 0 Å². The molecule has 2 N–H and O–H groups in total. The Morgan fingerprint density at radius 3 is 3.13 bits per heavy atom. The van der Waals surface area contributed by atoms with Crippen LogP contribution in [0, 0.1) is 0 Å². The fraction of sp³-hybridized carbons (Fsp3) is 0. The van der Waals surface area contributed by atoms with Gasteiger partial charge in [0.25, 0.3) is 0 Å². The van der Waals surface area contributed by atoms with Gasteiger partial charge in [-0.25, -0.2) is 9.50 Å². The summed E-state index contributed by atoms with van der Waals surface area (Å²) in [5.74, 6) is 0. The molecular weight excluding hydrogens is 208 g/mol. The van der Waals surface area contributed by atoms with Gasteiger partial charge >= 0.3 is 0 Å². The summed E-state index contributed by atoms with van der Waals surface area (Å²) in [6.45, 7) is 0. The molecule has 0 fully saturated rings. The first kappa shape index (κ1) is 8.43. The first-order valence-electron chi connectivity index (χ1n) is 4.46. The summed E-state index contributed by atoms with van der Waals surface area (Å²) in [4.78, 5) is 4.19. The molecular formula is C10H8N4S. The van der Waals surface area contributed by atoms with Crippen molar-refractivity contribution < 1.29 is 0 Å². The minimum atomic E-state index is 0.613. The van der Waals surface area contributed by atoms with Gasteiger partial charge in [0.05, 0.1) is 23.8 Å². The molecule has 0 saturated carbocycles. The smallest absolute Gasteiger partial charge is 0.155 e. The first-order valence-corrected chi connectivity index (χ1v) is 5.41. The average Bonchev–Trinajstić information content (AvgIpc) is 2.84. The molecule has 0 aliphatic rings. The first-order chi connectivity index (χ1) is 7.33. The largest absolute Gasteiger partial charge is 0.396 e. The summed E-state index contributed by atoms with van der Waals surface area (Å²) in [5.41, 5.74) is 9.09. The third-order valence-corrected chi connectivity index (χ3v) is 2.83. The molecule has 15 heavy (non-hydrogen) atoms. The van der Waals surface area contributed by atoms with Crippen LogP contribution in [0.2, 0.25) is 0 Å². The molecule has 0 amide bonds. The van der Waals surface area contributed by atoms with Crippen molar-refractivity contribution in [2.24, 2.45) is 0 Å². The number of hydrogen-bond acceptors (Lipinski definition) is 4. The van der Waals surface area contributed by atoms with Crippen LogP contribution in [0.4, 0.5) is 5.69 Å². The van der Waals surface area contributed by atoms with E-state index in [0.717, 1.165) is 16.9 Å². The van der Waals surface area contributed by atoms with Crippen LogP contribution in [0.25, 0.3) is 16.9 Å². The van der Waals surface area contributed by atoms with E-state index in [0.29, 0.717) is 5.69 Å². The van der Waals surface area contributed by atoms with E-state index in [2.05, 4.69) is 15.5 Å². The van der Waals surface area contributed by atoms with E-state index in [1.807, 2.05) is 17.5 Å². The molecule has 0 unspecified atom stereocenters. The minimum absolute atomic E-state index is 0.613. The van der Waals surface area contributed by atoms with Gasteiger partial charge < -0.3 is 5.73 Å². The Bertz CT molecular complexity index is 597. The molecule has 5 heteroatoms. The van der Waals surface area contributed by atoms with Gasteiger partial charge in [-0.05, 0) is 11.4 Å². The topological polar surface area (TPSA) is 56.2 Å². The molecule has 0 aromatic carbocycles. The number of nitrogens with zero attached hydrogens (tertiary/aromatic N) is 3. The van der Waals surface area contributed by atoms with Crippen molar-refractivity contribution in [1.29, 1.82) is 0 Å². The van der Waals surface area contributed by atoms with E-state index in [1.54, 1.807) is 28.2 Å². The highest BCUT2D eigenvalue weighted by Crippen LogP contribution is 2.21. The normalized spacial score (nSPS) is 10.9. The number of aromatic nitrogens is 3. The Morgan fingerprint density at radius 1 is 1.40 bits per heavy atom. The highest BCUT2D eigenvalue weighted by atomic mass is 32.1. The van der Waals surface area contributed by atoms with E-state index in [9.17, 15) is 0 Å². The SMILES string of the molecule is Nc1cnc2cc(-c3ccsc3)nn2c1. The number of fused-ring (bicyclic) bond motifs is 1. The number of anilines is 1. The van der Waals surface area contributed by atoms with Gasteiger partial charge in [0, 0.05) is 17.0 Å². The Balaban J connectivity index is 2.22. The zero-order valence-electron chi connectivity index (χ0n) is 7.79. The Morgan fingerprint density at radius 2 is 2.33 bits per heavy atom. The number of thiophene rings is 1. The molecule has 0 atom stereocenters. The molecule has 4 nitrogen and oxygen atoms in total. The maximum Gasteiger partial charge on any atom is 0.155 e. The molecule has 3 aromatic rings. The molecule has 0 spiro atoms. The van der Waals surface area contributed by atoms with Gasteiger partial charge in [0.15, 0.2) is 5.65 Å². The molecule has 3 aromatic heterocycles. The summed E-state index contributed by atoms with van der Waals surface area (Å²) in [5, 5.41) is 8.49. The highest BCUT2D eigenvalue weighted by Gasteiger charge is 2.05. The van der Waals surface area contributed by atoms with Crippen LogP contribution in [0.1, 0.15) is 0 Å². The lowest BCUT2D eigenvalue weighted by Gasteiger charge is -1.92. The summed E-state index contributed by atoms with van der Waals surface area (Å²) < 4.78 is 1.70. The zero-order chi connectivity index (χ0) is 10.3. The fourth-order valence-corrected chi connectivity index (χ4v) is 2.09. The number of nitrogens with two attached hydrogens (primary N) is 1. The predicted octanol–water partition coefficient (Wildman–Crippen LogP) is 2.04. The Hall–Kier alpha value is -1.88. The lowest BCUT2D eigenvalue weighted by Crippen LogP contribution is -1.93. The summed E-state index contributed by atoms with van der Waals surface area (Å²) in [6, 6.07) is 3.98. The molecule has 3 rings (SSSR count). The van der Waals surface area contributed by atoms with Crippen LogP contribution in [0.15, 0.2) is 35.3 Å². The second kappa shape index (κ2) is 3.06. The molecule has 0 aliphatic carbocycles. The second-order valence-corrected chi connectivity index (χ2v) is 4.01. The Labute approximate surface area is 90.0 Å². The van der Waals surface area contributed by atoms with Gasteiger partial charge in [-0.15, -0.1) is 0 Å². The lowest BCUT2D eigenvalue weighted by molar-refractivity contribution is 0.946. The van der Waals surface area contributed by atoms with Crippen molar-refractivity contribution in [3.63, 3.8) is 0 Å². The third-order valence-electron chi connectivity index (χ3n) is 2.15. The fourth-order valence-electron chi connectivity index (χ4n) is 1.44. The van der Waals surface area contributed by atoms with Crippen molar-refractivity contribution in [1.82, 2.24) is 14.6 Å². The summed E-state index contributed by atoms with van der Waals surface area (Å²) in [7, 11) is 0. The van der Waals surface area contributed by atoms with Gasteiger partial charge in [-0.1, -0.05) is 0 Å². The maximum atomic E-state index is 5.63. The minimum Gasteiger partial charge on any atom is -0.396 e. The van der Waals surface area contributed by atoms with Crippen LogP contribution in [-0.4, -0.2) is 14.6 Å². The van der Waals surface area contributed by atoms with Gasteiger partial charge in [-0.3, -0.25) is 0 Å². The van der Waals surface area contributed by atoms with Crippen molar-refractivity contribution in [2.75, 3.05) is 5.73 Å². The second-order valence-electron chi connectivity index (χ2n) is 3.23. The molecule has 0 aliphatic heterocycles. The molecule has 3 heterocycles. The van der Waals surface area contributed by atoms with E-state index < -0.39 is 0 Å².